The Morgan fingerprint density at radius 2 is 2.08 bits per heavy atom. The van der Waals surface area contributed by atoms with Crippen LogP contribution >= 0.6 is 0 Å². The van der Waals surface area contributed by atoms with Crippen molar-refractivity contribution in [3.05, 3.63) is 24.2 Å². The first-order valence-electron chi connectivity index (χ1n) is 9.06. The second kappa shape index (κ2) is 6.86. The van der Waals surface area contributed by atoms with Crippen LogP contribution < -0.4 is 0 Å². The first-order valence-corrected chi connectivity index (χ1v) is 9.06. The molecular weight excluding hydrogens is 306 g/mol. The number of hydrogen-bond acceptors (Lipinski definition) is 5. The van der Waals surface area contributed by atoms with E-state index >= 15 is 0 Å². The van der Waals surface area contributed by atoms with Crippen LogP contribution in [-0.2, 0) is 4.74 Å². The van der Waals surface area contributed by atoms with Crippen molar-refractivity contribution in [3.63, 3.8) is 0 Å². The van der Waals surface area contributed by atoms with Gasteiger partial charge in [-0.05, 0) is 31.5 Å². The van der Waals surface area contributed by atoms with Gasteiger partial charge in [0.1, 0.15) is 0 Å². The summed E-state index contributed by atoms with van der Waals surface area (Å²) in [7, 11) is 2.18. The number of piperazine rings is 1. The number of rotatable bonds is 3. The fourth-order valence-electron chi connectivity index (χ4n) is 4.24. The van der Waals surface area contributed by atoms with Gasteiger partial charge in [0.05, 0.1) is 19.0 Å². The van der Waals surface area contributed by atoms with E-state index in [1.54, 1.807) is 18.4 Å². The van der Waals surface area contributed by atoms with E-state index in [2.05, 4.69) is 16.8 Å². The summed E-state index contributed by atoms with van der Waals surface area (Å²) in [6, 6.07) is 3.52. The molecule has 0 unspecified atom stereocenters. The minimum absolute atomic E-state index is 0.0173. The summed E-state index contributed by atoms with van der Waals surface area (Å²) in [5, 5.41) is 0. The third-order valence-corrected chi connectivity index (χ3v) is 5.86. The highest BCUT2D eigenvalue weighted by atomic mass is 16.5. The number of hydrogen-bond donors (Lipinski definition) is 0. The first kappa shape index (κ1) is 16.1. The largest absolute Gasteiger partial charge is 0.459 e. The molecular formula is C18H27N3O3. The fourth-order valence-corrected chi connectivity index (χ4v) is 4.24. The van der Waals surface area contributed by atoms with Crippen LogP contribution in [0.4, 0.5) is 0 Å². The van der Waals surface area contributed by atoms with E-state index < -0.39 is 0 Å². The minimum atomic E-state index is 0.0173. The Morgan fingerprint density at radius 1 is 1.25 bits per heavy atom. The van der Waals surface area contributed by atoms with E-state index in [9.17, 15) is 4.79 Å². The SMILES string of the molecule is CN1CCN(C[C@H]2OC[C@@H]3CCN(C(=O)c4ccco4)C[C@@H]32)CC1. The van der Waals surface area contributed by atoms with Crippen molar-refractivity contribution in [3.8, 4) is 0 Å². The molecule has 1 aromatic heterocycles. The molecule has 132 valence electrons. The smallest absolute Gasteiger partial charge is 0.289 e. The second-order valence-electron chi connectivity index (χ2n) is 7.42. The number of ether oxygens (including phenoxy) is 1. The Labute approximate surface area is 143 Å². The Morgan fingerprint density at radius 3 is 2.83 bits per heavy atom. The summed E-state index contributed by atoms with van der Waals surface area (Å²) < 4.78 is 11.4. The number of furan rings is 1. The Kier molecular flexibility index (Phi) is 4.61. The quantitative estimate of drug-likeness (QED) is 0.826. The van der Waals surface area contributed by atoms with Crippen LogP contribution in [-0.4, -0.2) is 86.2 Å². The van der Waals surface area contributed by atoms with Crippen molar-refractivity contribution < 1.29 is 13.9 Å². The molecule has 3 aliphatic heterocycles. The minimum Gasteiger partial charge on any atom is -0.459 e. The second-order valence-corrected chi connectivity index (χ2v) is 7.42. The molecule has 3 saturated heterocycles. The van der Waals surface area contributed by atoms with Gasteiger partial charge < -0.3 is 19.0 Å². The number of amides is 1. The van der Waals surface area contributed by atoms with E-state index in [0.29, 0.717) is 17.6 Å². The summed E-state index contributed by atoms with van der Waals surface area (Å²) in [4.78, 5) is 19.4. The standard InChI is InChI=1S/C18H27N3O3/c1-19-6-8-20(9-7-19)12-17-15-11-21(5-4-14(15)13-24-17)18(22)16-3-2-10-23-16/h2-3,10,14-15,17H,4-9,11-13H2,1H3/t14-,15-,17+/m0/s1. The summed E-state index contributed by atoms with van der Waals surface area (Å²) in [6.07, 6.45) is 2.86. The van der Waals surface area contributed by atoms with Crippen LogP contribution in [0.3, 0.4) is 0 Å². The zero-order chi connectivity index (χ0) is 16.5. The van der Waals surface area contributed by atoms with E-state index in [1.165, 1.54) is 0 Å². The van der Waals surface area contributed by atoms with Crippen LogP contribution in [0.1, 0.15) is 17.0 Å². The van der Waals surface area contributed by atoms with Gasteiger partial charge >= 0.3 is 0 Å². The molecule has 0 aliphatic carbocycles. The molecule has 0 aromatic carbocycles. The maximum absolute atomic E-state index is 12.6. The normalized spacial score (nSPS) is 32.0. The highest BCUT2D eigenvalue weighted by Crippen LogP contribution is 2.35. The molecule has 4 heterocycles. The van der Waals surface area contributed by atoms with Gasteiger partial charge in [0.15, 0.2) is 5.76 Å². The summed E-state index contributed by atoms with van der Waals surface area (Å²) >= 11 is 0. The predicted molar refractivity (Wildman–Crippen MR) is 89.9 cm³/mol. The molecule has 6 nitrogen and oxygen atoms in total. The van der Waals surface area contributed by atoms with E-state index in [0.717, 1.165) is 58.8 Å². The van der Waals surface area contributed by atoms with Crippen LogP contribution in [0.5, 0.6) is 0 Å². The molecule has 3 atom stereocenters. The Bertz CT molecular complexity index is 554. The number of fused-ring (bicyclic) bond motifs is 1. The topological polar surface area (TPSA) is 49.2 Å². The highest BCUT2D eigenvalue weighted by molar-refractivity contribution is 5.91. The van der Waals surface area contributed by atoms with Gasteiger partial charge in [-0.3, -0.25) is 9.69 Å². The van der Waals surface area contributed by atoms with Gasteiger partial charge in [-0.2, -0.15) is 0 Å². The lowest BCUT2D eigenvalue weighted by Crippen LogP contribution is -2.50. The van der Waals surface area contributed by atoms with Crippen molar-refractivity contribution in [1.82, 2.24) is 14.7 Å². The van der Waals surface area contributed by atoms with Gasteiger partial charge in [-0.15, -0.1) is 0 Å². The highest BCUT2D eigenvalue weighted by Gasteiger charge is 2.43. The third-order valence-electron chi connectivity index (χ3n) is 5.86. The van der Waals surface area contributed by atoms with E-state index in [-0.39, 0.29) is 12.0 Å². The zero-order valence-corrected chi connectivity index (χ0v) is 14.4. The van der Waals surface area contributed by atoms with Crippen molar-refractivity contribution in [1.29, 1.82) is 0 Å². The van der Waals surface area contributed by atoms with Crippen LogP contribution in [0.15, 0.2) is 22.8 Å². The maximum Gasteiger partial charge on any atom is 0.289 e. The summed E-state index contributed by atoms with van der Waals surface area (Å²) in [6.45, 7) is 7.94. The Hall–Kier alpha value is -1.37. The fraction of sp³-hybridized carbons (Fsp3) is 0.722. The molecule has 0 saturated carbocycles. The number of carbonyl (C=O) groups is 1. The lowest BCUT2D eigenvalue weighted by molar-refractivity contribution is 0.0284. The molecule has 0 bridgehead atoms. The lowest BCUT2D eigenvalue weighted by atomic mass is 9.84. The lowest BCUT2D eigenvalue weighted by Gasteiger charge is -2.38. The molecule has 3 aliphatic rings. The van der Waals surface area contributed by atoms with Crippen molar-refractivity contribution in [2.45, 2.75) is 12.5 Å². The third kappa shape index (κ3) is 3.23. The molecule has 4 rings (SSSR count). The molecule has 24 heavy (non-hydrogen) atoms. The van der Waals surface area contributed by atoms with Gasteiger partial charge in [-0.25, -0.2) is 0 Å². The average Bonchev–Trinajstić information content (AvgIpc) is 3.26. The van der Waals surface area contributed by atoms with Crippen LogP contribution in [0.2, 0.25) is 0 Å². The molecule has 0 spiro atoms. The molecule has 1 aromatic rings. The van der Waals surface area contributed by atoms with E-state index in [1.807, 2.05) is 4.90 Å². The summed E-state index contributed by atoms with van der Waals surface area (Å²) in [5.41, 5.74) is 0. The summed E-state index contributed by atoms with van der Waals surface area (Å²) in [5.74, 6) is 1.52. The molecule has 1 amide bonds. The predicted octanol–water partition coefficient (Wildman–Crippen LogP) is 1.00. The number of likely N-dealkylation sites (N-methyl/N-ethyl adjacent to an activating group) is 1. The van der Waals surface area contributed by atoms with Crippen molar-refractivity contribution >= 4 is 5.91 Å². The molecule has 3 fully saturated rings. The van der Waals surface area contributed by atoms with Gasteiger partial charge in [-0.1, -0.05) is 0 Å². The Balaban J connectivity index is 1.37. The molecule has 6 heteroatoms. The van der Waals surface area contributed by atoms with E-state index in [4.69, 9.17) is 9.15 Å². The number of piperidine rings is 1. The van der Waals surface area contributed by atoms with Crippen LogP contribution in [0.25, 0.3) is 0 Å². The van der Waals surface area contributed by atoms with Crippen LogP contribution in [0, 0.1) is 11.8 Å². The molecule has 0 N–H and O–H groups in total. The molecule has 0 radical (unpaired) electrons. The maximum atomic E-state index is 12.6. The van der Waals surface area contributed by atoms with Crippen molar-refractivity contribution in [2.75, 3.05) is 59.5 Å². The average molecular weight is 333 g/mol. The first-order chi connectivity index (χ1) is 11.7. The monoisotopic (exact) mass is 333 g/mol. The zero-order valence-electron chi connectivity index (χ0n) is 14.4. The van der Waals surface area contributed by atoms with Gasteiger partial charge in [0, 0.05) is 51.7 Å². The van der Waals surface area contributed by atoms with Gasteiger partial charge in [0.2, 0.25) is 0 Å². The van der Waals surface area contributed by atoms with Gasteiger partial charge in [0.25, 0.3) is 5.91 Å². The van der Waals surface area contributed by atoms with Crippen molar-refractivity contribution in [2.24, 2.45) is 11.8 Å². The number of carbonyl (C=O) groups excluding carboxylic acids is 1. The number of nitrogens with zero attached hydrogens (tertiary/aromatic N) is 3. The number of likely N-dealkylation sites (tertiary alicyclic amines) is 1.